The van der Waals surface area contributed by atoms with Crippen molar-refractivity contribution in [3.05, 3.63) is 29.6 Å². The maximum absolute atomic E-state index is 12.8. The summed E-state index contributed by atoms with van der Waals surface area (Å²) < 4.78 is 18.6. The van der Waals surface area contributed by atoms with E-state index in [2.05, 4.69) is 12.2 Å². The monoisotopic (exact) mass is 211 g/mol. The van der Waals surface area contributed by atoms with E-state index in [1.807, 2.05) is 14.0 Å². The number of hydrogen-bond donors (Lipinski definition) is 1. The van der Waals surface area contributed by atoms with Crippen molar-refractivity contribution in [1.29, 1.82) is 0 Å². The fraction of sp³-hybridized carbons (Fsp3) is 0.500. The maximum atomic E-state index is 12.8. The van der Waals surface area contributed by atoms with Gasteiger partial charge < -0.3 is 10.1 Å². The lowest BCUT2D eigenvalue weighted by Crippen LogP contribution is -2.28. The Morgan fingerprint density at radius 1 is 1.47 bits per heavy atom. The molecule has 1 atom stereocenters. The van der Waals surface area contributed by atoms with E-state index in [1.165, 1.54) is 12.1 Å². The van der Waals surface area contributed by atoms with Gasteiger partial charge in [-0.05, 0) is 44.2 Å². The number of halogens is 1. The lowest BCUT2D eigenvalue weighted by atomic mass is 10.2. The Morgan fingerprint density at radius 3 is 2.73 bits per heavy atom. The quantitative estimate of drug-likeness (QED) is 0.808. The van der Waals surface area contributed by atoms with Gasteiger partial charge in [-0.2, -0.15) is 0 Å². The van der Waals surface area contributed by atoms with Gasteiger partial charge in [-0.25, -0.2) is 4.39 Å². The first-order valence-corrected chi connectivity index (χ1v) is 5.24. The molecule has 0 saturated heterocycles. The Morgan fingerprint density at radius 2 is 2.20 bits per heavy atom. The van der Waals surface area contributed by atoms with E-state index >= 15 is 0 Å². The molecule has 1 aromatic carbocycles. The Bertz CT molecular complexity index is 314. The van der Waals surface area contributed by atoms with E-state index in [1.54, 1.807) is 6.07 Å². The van der Waals surface area contributed by atoms with E-state index in [4.69, 9.17) is 4.74 Å². The van der Waals surface area contributed by atoms with Crippen molar-refractivity contribution in [2.24, 2.45) is 0 Å². The van der Waals surface area contributed by atoms with Gasteiger partial charge in [-0.3, -0.25) is 0 Å². The predicted molar refractivity (Wildman–Crippen MR) is 59.8 cm³/mol. The van der Waals surface area contributed by atoms with Crippen molar-refractivity contribution in [3.8, 4) is 5.75 Å². The van der Waals surface area contributed by atoms with Crippen LogP contribution in [0.4, 0.5) is 4.39 Å². The molecular weight excluding hydrogens is 193 g/mol. The van der Waals surface area contributed by atoms with Crippen LogP contribution in [0, 0.1) is 12.7 Å². The van der Waals surface area contributed by atoms with Crippen LogP contribution in [0.25, 0.3) is 0 Å². The van der Waals surface area contributed by atoms with E-state index in [0.717, 1.165) is 24.3 Å². The fourth-order valence-corrected chi connectivity index (χ4v) is 1.42. The molecule has 1 aromatic rings. The molecule has 1 unspecified atom stereocenters. The van der Waals surface area contributed by atoms with E-state index in [9.17, 15) is 4.39 Å². The zero-order valence-electron chi connectivity index (χ0n) is 9.51. The SMILES string of the molecule is CCC(CNC)Oc1ccc(F)cc1C. The van der Waals surface area contributed by atoms with Crippen LogP contribution < -0.4 is 10.1 Å². The molecule has 0 heterocycles. The zero-order valence-corrected chi connectivity index (χ0v) is 9.51. The number of hydrogen-bond acceptors (Lipinski definition) is 2. The smallest absolute Gasteiger partial charge is 0.123 e. The minimum Gasteiger partial charge on any atom is -0.489 e. The Balaban J connectivity index is 2.70. The summed E-state index contributed by atoms with van der Waals surface area (Å²) in [5.41, 5.74) is 0.838. The van der Waals surface area contributed by atoms with E-state index in [-0.39, 0.29) is 11.9 Å². The second kappa shape index (κ2) is 5.71. The predicted octanol–water partition coefficient (Wildman–Crippen LogP) is 2.51. The van der Waals surface area contributed by atoms with Gasteiger partial charge in [-0.1, -0.05) is 6.92 Å². The number of nitrogens with one attached hydrogen (secondary N) is 1. The van der Waals surface area contributed by atoms with Gasteiger partial charge in [0.25, 0.3) is 0 Å². The average Bonchev–Trinajstić information content (AvgIpc) is 2.21. The minimum absolute atomic E-state index is 0.138. The number of aryl methyl sites for hydroxylation is 1. The van der Waals surface area contributed by atoms with Crippen LogP contribution >= 0.6 is 0 Å². The van der Waals surface area contributed by atoms with Crippen molar-refractivity contribution in [2.75, 3.05) is 13.6 Å². The molecule has 0 amide bonds. The number of likely N-dealkylation sites (N-methyl/N-ethyl adjacent to an activating group) is 1. The Kier molecular flexibility index (Phi) is 4.56. The van der Waals surface area contributed by atoms with Crippen LogP contribution in [0.3, 0.4) is 0 Å². The minimum atomic E-state index is -0.221. The van der Waals surface area contributed by atoms with Gasteiger partial charge in [-0.15, -0.1) is 0 Å². The lowest BCUT2D eigenvalue weighted by molar-refractivity contribution is 0.195. The van der Waals surface area contributed by atoms with Gasteiger partial charge in [0.05, 0.1) is 0 Å². The van der Waals surface area contributed by atoms with Crippen molar-refractivity contribution < 1.29 is 9.13 Å². The highest BCUT2D eigenvalue weighted by molar-refractivity contribution is 5.32. The molecule has 0 aliphatic heterocycles. The highest BCUT2D eigenvalue weighted by Crippen LogP contribution is 2.20. The molecule has 0 fully saturated rings. The molecule has 0 spiro atoms. The largest absolute Gasteiger partial charge is 0.489 e. The molecule has 1 rings (SSSR count). The molecule has 0 aliphatic rings. The van der Waals surface area contributed by atoms with Crippen LogP contribution in [-0.4, -0.2) is 19.7 Å². The molecule has 2 nitrogen and oxygen atoms in total. The second-order valence-corrected chi connectivity index (χ2v) is 3.62. The van der Waals surface area contributed by atoms with Crippen LogP contribution in [-0.2, 0) is 0 Å². The van der Waals surface area contributed by atoms with Crippen molar-refractivity contribution in [1.82, 2.24) is 5.32 Å². The third kappa shape index (κ3) is 3.51. The van der Waals surface area contributed by atoms with E-state index in [0.29, 0.717) is 0 Å². The van der Waals surface area contributed by atoms with E-state index < -0.39 is 0 Å². The molecule has 0 bridgehead atoms. The summed E-state index contributed by atoms with van der Waals surface area (Å²) in [5, 5.41) is 3.07. The molecule has 0 aliphatic carbocycles. The first-order chi connectivity index (χ1) is 7.17. The summed E-state index contributed by atoms with van der Waals surface area (Å²) in [4.78, 5) is 0. The van der Waals surface area contributed by atoms with Gasteiger partial charge in [0.1, 0.15) is 17.7 Å². The van der Waals surface area contributed by atoms with Crippen LogP contribution in [0.2, 0.25) is 0 Å². The molecule has 3 heteroatoms. The molecule has 0 aromatic heterocycles. The first-order valence-electron chi connectivity index (χ1n) is 5.24. The van der Waals surface area contributed by atoms with Crippen molar-refractivity contribution in [2.45, 2.75) is 26.4 Å². The second-order valence-electron chi connectivity index (χ2n) is 3.62. The third-order valence-electron chi connectivity index (χ3n) is 2.32. The summed E-state index contributed by atoms with van der Waals surface area (Å²) in [6.07, 6.45) is 1.07. The topological polar surface area (TPSA) is 21.3 Å². The number of rotatable bonds is 5. The standard InChI is InChI=1S/C12H18FNO/c1-4-11(8-14-3)15-12-6-5-10(13)7-9(12)2/h5-7,11,14H,4,8H2,1-3H3. The fourth-order valence-electron chi connectivity index (χ4n) is 1.42. The number of ether oxygens (including phenoxy) is 1. The van der Waals surface area contributed by atoms with Gasteiger partial charge in [0.2, 0.25) is 0 Å². The molecule has 1 N–H and O–H groups in total. The Hall–Kier alpha value is -1.09. The molecule has 0 saturated carbocycles. The maximum Gasteiger partial charge on any atom is 0.123 e. The first kappa shape index (κ1) is 12.0. The van der Waals surface area contributed by atoms with Gasteiger partial charge in [0.15, 0.2) is 0 Å². The highest BCUT2D eigenvalue weighted by atomic mass is 19.1. The molecular formula is C12H18FNO. The zero-order chi connectivity index (χ0) is 11.3. The van der Waals surface area contributed by atoms with Crippen LogP contribution in [0.5, 0.6) is 5.75 Å². The molecule has 15 heavy (non-hydrogen) atoms. The summed E-state index contributed by atoms with van der Waals surface area (Å²) in [6.45, 7) is 4.72. The number of benzene rings is 1. The lowest BCUT2D eigenvalue weighted by Gasteiger charge is -2.18. The summed E-state index contributed by atoms with van der Waals surface area (Å²) in [7, 11) is 1.89. The molecule has 84 valence electrons. The average molecular weight is 211 g/mol. The third-order valence-corrected chi connectivity index (χ3v) is 2.32. The summed E-state index contributed by atoms with van der Waals surface area (Å²) in [6, 6.07) is 4.60. The van der Waals surface area contributed by atoms with Gasteiger partial charge in [0, 0.05) is 6.54 Å². The van der Waals surface area contributed by atoms with Gasteiger partial charge >= 0.3 is 0 Å². The van der Waals surface area contributed by atoms with Crippen LogP contribution in [0.1, 0.15) is 18.9 Å². The summed E-state index contributed by atoms with van der Waals surface area (Å²) in [5.74, 6) is 0.542. The summed E-state index contributed by atoms with van der Waals surface area (Å²) >= 11 is 0. The van der Waals surface area contributed by atoms with Crippen molar-refractivity contribution >= 4 is 0 Å². The normalized spacial score (nSPS) is 12.5. The Labute approximate surface area is 90.4 Å². The highest BCUT2D eigenvalue weighted by Gasteiger charge is 2.08. The van der Waals surface area contributed by atoms with Crippen LogP contribution in [0.15, 0.2) is 18.2 Å². The van der Waals surface area contributed by atoms with Crippen molar-refractivity contribution in [3.63, 3.8) is 0 Å². The molecule has 0 radical (unpaired) electrons.